The van der Waals surface area contributed by atoms with Crippen molar-refractivity contribution < 1.29 is 13.2 Å². The van der Waals surface area contributed by atoms with Gasteiger partial charge >= 0.3 is 0 Å². The molecule has 1 aromatic carbocycles. The highest BCUT2D eigenvalue weighted by Crippen LogP contribution is 2.20. The molecule has 6 heteroatoms. The van der Waals surface area contributed by atoms with E-state index in [0.29, 0.717) is 17.8 Å². The highest BCUT2D eigenvalue weighted by Gasteiger charge is 2.10. The first-order valence-corrected chi connectivity index (χ1v) is 4.53. The van der Waals surface area contributed by atoms with Crippen LogP contribution in [-0.4, -0.2) is 10.2 Å². The van der Waals surface area contributed by atoms with Crippen LogP contribution in [0.4, 0.5) is 18.9 Å². The molecule has 2 rings (SSSR count). The number of rotatable bonds is 3. The van der Waals surface area contributed by atoms with Gasteiger partial charge in [-0.2, -0.15) is 5.10 Å². The molecule has 1 aromatic heterocycles. The first-order chi connectivity index (χ1) is 7.66. The molecule has 1 heterocycles. The summed E-state index contributed by atoms with van der Waals surface area (Å²) in [5.41, 5.74) is 0.319. The van der Waals surface area contributed by atoms with Gasteiger partial charge < -0.3 is 5.32 Å². The lowest BCUT2D eigenvalue weighted by molar-refractivity contribution is 0.547. The van der Waals surface area contributed by atoms with E-state index in [-0.39, 0.29) is 12.2 Å². The van der Waals surface area contributed by atoms with Crippen molar-refractivity contribution in [2.24, 2.45) is 0 Å². The van der Waals surface area contributed by atoms with Gasteiger partial charge in [-0.25, -0.2) is 13.2 Å². The Morgan fingerprint density at radius 1 is 1.19 bits per heavy atom. The summed E-state index contributed by atoms with van der Waals surface area (Å²) in [4.78, 5) is 0. The number of aromatic nitrogens is 2. The zero-order chi connectivity index (χ0) is 11.5. The molecule has 0 fully saturated rings. The van der Waals surface area contributed by atoms with Crippen LogP contribution in [0.1, 0.15) is 5.69 Å². The molecular formula is C10H8F3N3. The monoisotopic (exact) mass is 227 g/mol. The van der Waals surface area contributed by atoms with Crippen LogP contribution in [0.3, 0.4) is 0 Å². The maximum atomic E-state index is 13.2. The number of halogens is 3. The van der Waals surface area contributed by atoms with Crippen molar-refractivity contribution in [3.05, 3.63) is 47.5 Å². The molecule has 84 valence electrons. The molecule has 0 bridgehead atoms. The number of hydrogen-bond acceptors (Lipinski definition) is 2. The van der Waals surface area contributed by atoms with E-state index in [4.69, 9.17) is 0 Å². The largest absolute Gasteiger partial charge is 0.375 e. The van der Waals surface area contributed by atoms with Gasteiger partial charge in [0.1, 0.15) is 11.5 Å². The number of nitrogens with zero attached hydrogens (tertiary/aromatic N) is 1. The summed E-state index contributed by atoms with van der Waals surface area (Å²) in [6, 6.07) is 2.91. The molecule has 0 saturated heterocycles. The Kier molecular flexibility index (Phi) is 2.80. The lowest BCUT2D eigenvalue weighted by Gasteiger charge is -2.07. The molecule has 2 aromatic rings. The average molecular weight is 227 g/mol. The molecule has 0 aliphatic carbocycles. The zero-order valence-corrected chi connectivity index (χ0v) is 8.10. The van der Waals surface area contributed by atoms with E-state index < -0.39 is 17.5 Å². The molecule has 0 radical (unpaired) electrons. The van der Waals surface area contributed by atoms with Crippen LogP contribution in [0.25, 0.3) is 0 Å². The Morgan fingerprint density at radius 3 is 2.44 bits per heavy atom. The first-order valence-electron chi connectivity index (χ1n) is 4.53. The highest BCUT2D eigenvalue weighted by molar-refractivity contribution is 5.46. The number of benzene rings is 1. The third-order valence-corrected chi connectivity index (χ3v) is 2.02. The molecule has 0 atom stereocenters. The summed E-state index contributed by atoms with van der Waals surface area (Å²) in [7, 11) is 0. The lowest BCUT2D eigenvalue weighted by Crippen LogP contribution is -2.04. The van der Waals surface area contributed by atoms with Gasteiger partial charge in [-0.1, -0.05) is 0 Å². The van der Waals surface area contributed by atoms with E-state index in [1.807, 2.05) is 0 Å². The molecular weight excluding hydrogens is 219 g/mol. The van der Waals surface area contributed by atoms with E-state index >= 15 is 0 Å². The fourth-order valence-electron chi connectivity index (χ4n) is 1.28. The minimum absolute atomic E-state index is 0.180. The summed E-state index contributed by atoms with van der Waals surface area (Å²) in [6.07, 6.45) is 1.52. The van der Waals surface area contributed by atoms with Gasteiger partial charge in [0.05, 0.1) is 12.2 Å². The molecule has 0 amide bonds. The predicted molar refractivity (Wildman–Crippen MR) is 52.2 cm³/mol. The minimum Gasteiger partial charge on any atom is -0.375 e. The van der Waals surface area contributed by atoms with Crippen LogP contribution in [0.2, 0.25) is 0 Å². The summed E-state index contributed by atoms with van der Waals surface area (Å²) in [5, 5.41) is 8.83. The highest BCUT2D eigenvalue weighted by atomic mass is 19.1. The maximum Gasteiger partial charge on any atom is 0.152 e. The smallest absolute Gasteiger partial charge is 0.152 e. The number of H-pyrrole nitrogens is 1. The van der Waals surface area contributed by atoms with Crippen LogP contribution < -0.4 is 5.32 Å². The molecule has 0 aliphatic rings. The van der Waals surface area contributed by atoms with Crippen LogP contribution >= 0.6 is 0 Å². The second-order valence-electron chi connectivity index (χ2n) is 3.18. The van der Waals surface area contributed by atoms with E-state index in [0.717, 1.165) is 0 Å². The van der Waals surface area contributed by atoms with Crippen LogP contribution in [0.5, 0.6) is 0 Å². The third-order valence-electron chi connectivity index (χ3n) is 2.02. The van der Waals surface area contributed by atoms with Crippen molar-refractivity contribution in [1.29, 1.82) is 0 Å². The normalized spacial score (nSPS) is 10.4. The van der Waals surface area contributed by atoms with Gasteiger partial charge in [0.2, 0.25) is 0 Å². The Balaban J connectivity index is 2.15. The van der Waals surface area contributed by atoms with Gasteiger partial charge in [0, 0.05) is 18.3 Å². The predicted octanol–water partition coefficient (Wildman–Crippen LogP) is 2.44. The van der Waals surface area contributed by atoms with Crippen molar-refractivity contribution >= 4 is 5.69 Å². The second kappa shape index (κ2) is 4.26. The number of aromatic amines is 1. The molecule has 0 unspecified atom stereocenters. The van der Waals surface area contributed by atoms with Crippen LogP contribution in [0.15, 0.2) is 24.4 Å². The minimum atomic E-state index is -0.961. The van der Waals surface area contributed by atoms with Crippen molar-refractivity contribution in [3.63, 3.8) is 0 Å². The van der Waals surface area contributed by atoms with Gasteiger partial charge in [-0.3, -0.25) is 5.10 Å². The molecule has 2 N–H and O–H groups in total. The fourth-order valence-corrected chi connectivity index (χ4v) is 1.28. The van der Waals surface area contributed by atoms with Crippen LogP contribution in [-0.2, 0) is 6.54 Å². The topological polar surface area (TPSA) is 40.7 Å². The van der Waals surface area contributed by atoms with Crippen molar-refractivity contribution in [2.45, 2.75) is 6.54 Å². The Bertz CT molecular complexity index is 459. The van der Waals surface area contributed by atoms with Gasteiger partial charge in [-0.05, 0) is 6.07 Å². The third kappa shape index (κ3) is 2.16. The standard InChI is InChI=1S/C10H8F3N3/c11-6-3-8(12)10(9(13)4-6)14-5-7-1-2-15-16-7/h1-4,14H,5H2,(H,15,16). The van der Waals surface area contributed by atoms with Crippen molar-refractivity contribution in [2.75, 3.05) is 5.32 Å². The Labute approximate surface area is 89.3 Å². The summed E-state index contributed by atoms with van der Waals surface area (Å²) in [5.74, 6) is -2.86. The van der Waals surface area contributed by atoms with E-state index in [2.05, 4.69) is 15.5 Å². The molecule has 16 heavy (non-hydrogen) atoms. The number of nitrogens with one attached hydrogen (secondary N) is 2. The van der Waals surface area contributed by atoms with E-state index in [1.54, 1.807) is 6.07 Å². The lowest BCUT2D eigenvalue weighted by atomic mass is 10.2. The Morgan fingerprint density at radius 2 is 1.88 bits per heavy atom. The zero-order valence-electron chi connectivity index (χ0n) is 8.10. The van der Waals surface area contributed by atoms with Gasteiger partial charge in [-0.15, -0.1) is 0 Å². The molecule has 3 nitrogen and oxygen atoms in total. The number of hydrogen-bond donors (Lipinski definition) is 2. The van der Waals surface area contributed by atoms with Crippen molar-refractivity contribution in [3.8, 4) is 0 Å². The quantitative estimate of drug-likeness (QED) is 0.845. The fraction of sp³-hybridized carbons (Fsp3) is 0.100. The molecule has 0 saturated carbocycles. The first kappa shape index (κ1) is 10.5. The number of anilines is 1. The summed E-state index contributed by atoms with van der Waals surface area (Å²) in [6.45, 7) is 0.180. The SMILES string of the molecule is Fc1cc(F)c(NCc2ccn[nH]2)c(F)c1. The average Bonchev–Trinajstić information content (AvgIpc) is 2.68. The van der Waals surface area contributed by atoms with Gasteiger partial charge in [0.25, 0.3) is 0 Å². The van der Waals surface area contributed by atoms with Crippen molar-refractivity contribution in [1.82, 2.24) is 10.2 Å². The molecule has 0 aliphatic heterocycles. The Hall–Kier alpha value is -1.98. The molecule has 0 spiro atoms. The van der Waals surface area contributed by atoms with Crippen LogP contribution in [0, 0.1) is 17.5 Å². The van der Waals surface area contributed by atoms with Gasteiger partial charge in [0.15, 0.2) is 11.6 Å². The van der Waals surface area contributed by atoms with E-state index in [1.165, 1.54) is 6.20 Å². The second-order valence-corrected chi connectivity index (χ2v) is 3.18. The van der Waals surface area contributed by atoms with E-state index in [9.17, 15) is 13.2 Å². The maximum absolute atomic E-state index is 13.2. The summed E-state index contributed by atoms with van der Waals surface area (Å²) < 4.78 is 38.9. The summed E-state index contributed by atoms with van der Waals surface area (Å²) >= 11 is 0.